The quantitative estimate of drug-likeness (QED) is 0.751. The normalized spacial score (nSPS) is 18.5. The molecular weight excluding hydrogens is 320 g/mol. The second kappa shape index (κ2) is 10.2. The summed E-state index contributed by atoms with van der Waals surface area (Å²) in [7, 11) is 1.66. The molecule has 1 saturated heterocycles. The molecule has 0 saturated carbocycles. The predicted molar refractivity (Wildman–Crippen MR) is 95.0 cm³/mol. The van der Waals surface area contributed by atoms with Crippen LogP contribution in [0.5, 0.6) is 0 Å². The Morgan fingerprint density at radius 1 is 1.24 bits per heavy atom. The fourth-order valence-electron chi connectivity index (χ4n) is 3.31. The molecule has 1 amide bonds. The minimum Gasteiger partial charge on any atom is -0.481 e. The van der Waals surface area contributed by atoms with E-state index in [1.165, 1.54) is 0 Å². The van der Waals surface area contributed by atoms with Gasteiger partial charge in [-0.3, -0.25) is 14.5 Å². The van der Waals surface area contributed by atoms with E-state index in [2.05, 4.69) is 10.2 Å². The van der Waals surface area contributed by atoms with Crippen molar-refractivity contribution in [2.75, 3.05) is 26.7 Å². The van der Waals surface area contributed by atoms with Gasteiger partial charge in [0.1, 0.15) is 0 Å². The van der Waals surface area contributed by atoms with E-state index in [4.69, 9.17) is 9.84 Å². The van der Waals surface area contributed by atoms with Gasteiger partial charge in [0, 0.05) is 20.1 Å². The topological polar surface area (TPSA) is 78.9 Å². The molecule has 0 unspecified atom stereocenters. The van der Waals surface area contributed by atoms with Gasteiger partial charge in [0.2, 0.25) is 5.91 Å². The molecule has 6 heteroatoms. The fourth-order valence-corrected chi connectivity index (χ4v) is 3.31. The highest BCUT2D eigenvalue weighted by molar-refractivity contribution is 5.78. The van der Waals surface area contributed by atoms with Crippen LogP contribution < -0.4 is 5.32 Å². The summed E-state index contributed by atoms with van der Waals surface area (Å²) in [4.78, 5) is 25.2. The van der Waals surface area contributed by atoms with E-state index in [0.717, 1.165) is 43.5 Å². The van der Waals surface area contributed by atoms with Gasteiger partial charge < -0.3 is 15.2 Å². The summed E-state index contributed by atoms with van der Waals surface area (Å²) in [6, 6.07) is 7.92. The molecule has 0 radical (unpaired) electrons. The van der Waals surface area contributed by atoms with Gasteiger partial charge in [-0.15, -0.1) is 0 Å². The number of amides is 1. The monoisotopic (exact) mass is 348 g/mol. The Balaban J connectivity index is 1.78. The van der Waals surface area contributed by atoms with Crippen LogP contribution in [0.2, 0.25) is 0 Å². The number of benzene rings is 1. The number of ether oxygens (including phenoxy) is 1. The number of carboxylic acids is 1. The van der Waals surface area contributed by atoms with Crippen LogP contribution in [0.15, 0.2) is 24.3 Å². The van der Waals surface area contributed by atoms with Gasteiger partial charge >= 0.3 is 5.97 Å². The number of aliphatic carboxylic acids is 1. The van der Waals surface area contributed by atoms with E-state index >= 15 is 0 Å². The van der Waals surface area contributed by atoms with Crippen LogP contribution >= 0.6 is 0 Å². The molecular formula is C19H28N2O4. The number of carbonyl (C=O) groups is 2. The number of hydrogen-bond donors (Lipinski definition) is 2. The third-order valence-electron chi connectivity index (χ3n) is 4.67. The lowest BCUT2D eigenvalue weighted by Crippen LogP contribution is -2.37. The first-order chi connectivity index (χ1) is 12.1. The number of methoxy groups -OCH3 is 1. The van der Waals surface area contributed by atoms with Crippen molar-refractivity contribution < 1.29 is 19.4 Å². The summed E-state index contributed by atoms with van der Waals surface area (Å²) >= 11 is 0. The molecule has 1 fully saturated rings. The van der Waals surface area contributed by atoms with Crippen LogP contribution in [0.4, 0.5) is 0 Å². The van der Waals surface area contributed by atoms with Crippen molar-refractivity contribution in [3.8, 4) is 0 Å². The number of hydrogen-bond acceptors (Lipinski definition) is 4. The molecule has 1 aromatic rings. The van der Waals surface area contributed by atoms with Crippen LogP contribution in [-0.2, 0) is 27.5 Å². The first kappa shape index (κ1) is 19.4. The van der Waals surface area contributed by atoms with Gasteiger partial charge in [0.05, 0.1) is 13.2 Å². The van der Waals surface area contributed by atoms with Crippen LogP contribution in [0.1, 0.15) is 36.8 Å². The summed E-state index contributed by atoms with van der Waals surface area (Å²) in [5, 5.41) is 11.9. The number of nitrogens with zero attached hydrogens (tertiary/aromatic N) is 1. The van der Waals surface area contributed by atoms with Crippen LogP contribution in [0.3, 0.4) is 0 Å². The second-order valence-electron chi connectivity index (χ2n) is 6.65. The molecule has 138 valence electrons. The molecule has 1 atom stereocenters. The highest BCUT2D eigenvalue weighted by atomic mass is 16.5. The summed E-state index contributed by atoms with van der Waals surface area (Å²) in [5.74, 6) is -0.499. The molecule has 1 aromatic carbocycles. The number of nitrogens with one attached hydrogen (secondary N) is 1. The molecule has 1 heterocycles. The van der Waals surface area contributed by atoms with Crippen LogP contribution in [0.25, 0.3) is 0 Å². The largest absolute Gasteiger partial charge is 0.481 e. The first-order valence-corrected chi connectivity index (χ1v) is 8.85. The fraction of sp³-hybridized carbons (Fsp3) is 0.579. The maximum Gasteiger partial charge on any atom is 0.303 e. The summed E-state index contributed by atoms with van der Waals surface area (Å²) < 4.78 is 5.19. The Kier molecular flexibility index (Phi) is 7.88. The van der Waals surface area contributed by atoms with Crippen LogP contribution in [0, 0.1) is 5.92 Å². The Bertz CT molecular complexity index is 576. The maximum absolute atomic E-state index is 12.2. The Labute approximate surface area is 149 Å². The maximum atomic E-state index is 12.2. The average Bonchev–Trinajstić information content (AvgIpc) is 2.79. The summed E-state index contributed by atoms with van der Waals surface area (Å²) in [6.07, 6.45) is 2.95. The molecule has 2 N–H and O–H groups in total. The van der Waals surface area contributed by atoms with E-state index in [1.807, 2.05) is 24.3 Å². The summed E-state index contributed by atoms with van der Waals surface area (Å²) in [5.41, 5.74) is 2.15. The highest BCUT2D eigenvalue weighted by Crippen LogP contribution is 2.20. The smallest absolute Gasteiger partial charge is 0.303 e. The van der Waals surface area contributed by atoms with E-state index in [1.54, 1.807) is 7.11 Å². The number of likely N-dealkylation sites (tertiary alicyclic amines) is 1. The standard InChI is InChI=1S/C19H28N2O4/c1-25-14-17-7-3-2-6-16(17)12-20-18(22)13-21-9-4-5-15(8-10-21)11-19(23)24/h2-3,6-7,15H,4-5,8-14H2,1H3,(H,20,22)(H,23,24)/t15-/m1/s1. The second-order valence-corrected chi connectivity index (χ2v) is 6.65. The van der Waals surface area contributed by atoms with Crippen molar-refractivity contribution in [3.63, 3.8) is 0 Å². The van der Waals surface area contributed by atoms with Crippen molar-refractivity contribution in [3.05, 3.63) is 35.4 Å². The zero-order valence-corrected chi connectivity index (χ0v) is 14.9. The molecule has 6 nitrogen and oxygen atoms in total. The number of carbonyl (C=O) groups excluding carboxylic acids is 1. The molecule has 0 aromatic heterocycles. The van der Waals surface area contributed by atoms with E-state index < -0.39 is 5.97 Å². The van der Waals surface area contributed by atoms with E-state index in [0.29, 0.717) is 19.7 Å². The highest BCUT2D eigenvalue weighted by Gasteiger charge is 2.20. The molecule has 0 bridgehead atoms. The van der Waals surface area contributed by atoms with Gasteiger partial charge in [-0.25, -0.2) is 0 Å². The van der Waals surface area contributed by atoms with Crippen molar-refractivity contribution in [2.45, 2.75) is 38.8 Å². The van der Waals surface area contributed by atoms with Crippen molar-refractivity contribution in [1.29, 1.82) is 0 Å². The lowest BCUT2D eigenvalue weighted by molar-refractivity contribution is -0.138. The molecule has 25 heavy (non-hydrogen) atoms. The first-order valence-electron chi connectivity index (χ1n) is 8.85. The van der Waals surface area contributed by atoms with Crippen LogP contribution in [-0.4, -0.2) is 48.6 Å². The number of rotatable bonds is 8. The van der Waals surface area contributed by atoms with E-state index in [-0.39, 0.29) is 18.2 Å². The molecule has 2 rings (SSSR count). The zero-order valence-electron chi connectivity index (χ0n) is 14.9. The van der Waals surface area contributed by atoms with Crippen molar-refractivity contribution >= 4 is 11.9 Å². The minimum atomic E-state index is -0.731. The van der Waals surface area contributed by atoms with Crippen molar-refractivity contribution in [1.82, 2.24) is 10.2 Å². The van der Waals surface area contributed by atoms with E-state index in [9.17, 15) is 9.59 Å². The predicted octanol–water partition coefficient (Wildman–Crippen LogP) is 2.03. The average molecular weight is 348 g/mol. The molecule has 0 spiro atoms. The summed E-state index contributed by atoms with van der Waals surface area (Å²) in [6.45, 7) is 3.03. The van der Waals surface area contributed by atoms with Gasteiger partial charge in [-0.1, -0.05) is 24.3 Å². The Morgan fingerprint density at radius 2 is 2.00 bits per heavy atom. The minimum absolute atomic E-state index is 0.00362. The molecule has 1 aliphatic heterocycles. The van der Waals surface area contributed by atoms with Gasteiger partial charge in [-0.05, 0) is 49.4 Å². The lowest BCUT2D eigenvalue weighted by atomic mass is 9.97. The Hall–Kier alpha value is -1.92. The van der Waals surface area contributed by atoms with Crippen molar-refractivity contribution in [2.24, 2.45) is 5.92 Å². The third-order valence-corrected chi connectivity index (χ3v) is 4.67. The molecule has 1 aliphatic rings. The number of carboxylic acid groups (broad SMARTS) is 1. The van der Waals surface area contributed by atoms with Gasteiger partial charge in [0.25, 0.3) is 0 Å². The molecule has 0 aliphatic carbocycles. The zero-order chi connectivity index (χ0) is 18.1. The Morgan fingerprint density at radius 3 is 2.72 bits per heavy atom. The third kappa shape index (κ3) is 6.84. The van der Waals surface area contributed by atoms with Gasteiger partial charge in [0.15, 0.2) is 0 Å². The van der Waals surface area contributed by atoms with Gasteiger partial charge in [-0.2, -0.15) is 0 Å². The lowest BCUT2D eigenvalue weighted by Gasteiger charge is -2.19. The SMILES string of the molecule is COCc1ccccc1CNC(=O)CN1CCC[C@@H](CC(=O)O)CC1.